The third kappa shape index (κ3) is 3.85. The van der Waals surface area contributed by atoms with Crippen LogP contribution in [0.15, 0.2) is 170 Å². The Hall–Kier alpha value is -5.72. The van der Waals surface area contributed by atoms with Gasteiger partial charge < -0.3 is 0 Å². The second-order valence-electron chi connectivity index (χ2n) is 11.1. The quantitative estimate of drug-likeness (QED) is 0.188. The van der Waals surface area contributed by atoms with Crippen LogP contribution in [0.4, 0.5) is 0 Å². The summed E-state index contributed by atoms with van der Waals surface area (Å²) in [5, 5.41) is 6.71. The van der Waals surface area contributed by atoms with Crippen LogP contribution in [0.1, 0.15) is 9.60 Å². The van der Waals surface area contributed by atoms with Gasteiger partial charge in [-0.15, -0.1) is 0 Å². The molecule has 0 saturated carbocycles. The first-order chi connectivity index (χ1) is 24.8. The molecule has 0 heterocycles. The Morgan fingerprint density at radius 3 is 1.66 bits per heavy atom. The third-order valence-electron chi connectivity index (χ3n) is 8.66. The summed E-state index contributed by atoms with van der Waals surface area (Å²) in [6, 6.07) is 39.5. The van der Waals surface area contributed by atoms with Crippen LogP contribution in [-0.2, 0) is 0 Å². The number of hydrogen-bond donors (Lipinski definition) is 0. The predicted octanol–water partition coefficient (Wildman–Crippen LogP) is 12.5. The molecule has 0 spiro atoms. The highest BCUT2D eigenvalue weighted by Gasteiger charge is 2.19. The molecule has 0 unspecified atom stereocenters. The fourth-order valence-corrected chi connectivity index (χ4v) is 6.64. The summed E-state index contributed by atoms with van der Waals surface area (Å²) in [6.07, 6.45) is 0. The Bertz CT molecular complexity index is 2940. The van der Waals surface area contributed by atoms with Crippen LogP contribution < -0.4 is 0 Å². The van der Waals surface area contributed by atoms with Gasteiger partial charge in [0.1, 0.15) is 0 Å². The normalized spacial score (nSPS) is 13.9. The standard InChI is InChI=1S/C44H28/c1-2-14-32-27-34(24-23-29(32)11-1)43-39-19-7-8-20-40(39)44(38-22-10-16-31-13-4-6-18-36(31)38)41-26-25-33(28-42(41)43)37-21-9-15-30-12-3-5-17-35(30)37/h1-28H/i7D,8D,19D,20D,25D,26D,28D. The average molecular weight is 564 g/mol. The largest absolute Gasteiger partial charge is 0.0636 e. The maximum Gasteiger partial charge on any atom is 0.0636 e. The van der Waals surface area contributed by atoms with Gasteiger partial charge in [0.2, 0.25) is 0 Å². The first-order valence-electron chi connectivity index (χ1n) is 18.2. The van der Waals surface area contributed by atoms with Crippen LogP contribution in [0.25, 0.3) is 87.2 Å². The SMILES string of the molecule is [2H]c1c([2H])c([2H])c2c(-c3cccc4ccccc34)c3c([2H])c([2H])c(-c4cccc5ccccc45)c([2H])c3c(-c3ccc4ccccc4c3)c2c1[2H]. The summed E-state index contributed by atoms with van der Waals surface area (Å²) in [5.74, 6) is 0. The van der Waals surface area contributed by atoms with E-state index in [9.17, 15) is 6.85 Å². The minimum absolute atomic E-state index is 0.0290. The van der Waals surface area contributed by atoms with E-state index in [0.29, 0.717) is 44.2 Å². The molecule has 0 aliphatic carbocycles. The van der Waals surface area contributed by atoms with Crippen molar-refractivity contribution >= 4 is 53.9 Å². The Morgan fingerprint density at radius 2 is 0.909 bits per heavy atom. The number of benzene rings is 9. The fourth-order valence-electron chi connectivity index (χ4n) is 6.64. The number of fused-ring (bicyclic) bond motifs is 5. The molecule has 0 N–H and O–H groups in total. The van der Waals surface area contributed by atoms with Crippen molar-refractivity contribution < 1.29 is 9.60 Å². The van der Waals surface area contributed by atoms with E-state index < -0.39 is 0 Å². The first-order valence-corrected chi connectivity index (χ1v) is 14.7. The molecule has 44 heavy (non-hydrogen) atoms. The molecule has 0 aliphatic rings. The molecule has 9 aromatic carbocycles. The van der Waals surface area contributed by atoms with Crippen LogP contribution in [0.5, 0.6) is 0 Å². The van der Waals surface area contributed by atoms with Gasteiger partial charge in [0.05, 0.1) is 9.60 Å². The Balaban J connectivity index is 1.60. The van der Waals surface area contributed by atoms with Crippen molar-refractivity contribution in [1.29, 1.82) is 0 Å². The molecule has 0 nitrogen and oxygen atoms in total. The highest BCUT2D eigenvalue weighted by atomic mass is 14.2. The molecular weight excluding hydrogens is 528 g/mol. The molecule has 0 heteroatoms. The van der Waals surface area contributed by atoms with Crippen molar-refractivity contribution in [1.82, 2.24) is 0 Å². The zero-order valence-corrected chi connectivity index (χ0v) is 23.6. The molecule has 0 saturated heterocycles. The van der Waals surface area contributed by atoms with Gasteiger partial charge in [-0.1, -0.05) is 158 Å². The first kappa shape index (κ1) is 18.7. The second kappa shape index (κ2) is 9.93. The summed E-state index contributed by atoms with van der Waals surface area (Å²) < 4.78 is 65.9. The van der Waals surface area contributed by atoms with Crippen molar-refractivity contribution in [2.24, 2.45) is 0 Å². The maximum absolute atomic E-state index is 10.1. The molecule has 0 atom stereocenters. The van der Waals surface area contributed by atoms with Crippen molar-refractivity contribution in [2.75, 3.05) is 0 Å². The Labute approximate surface area is 266 Å². The zero-order chi connectivity index (χ0) is 35.1. The minimum Gasteiger partial charge on any atom is -0.0616 e. The molecule has 9 rings (SSSR count). The number of rotatable bonds is 3. The molecule has 0 radical (unpaired) electrons. The lowest BCUT2D eigenvalue weighted by Crippen LogP contribution is -1.93. The Morgan fingerprint density at radius 1 is 0.341 bits per heavy atom. The lowest BCUT2D eigenvalue weighted by atomic mass is 9.83. The van der Waals surface area contributed by atoms with E-state index in [-0.39, 0.29) is 53.1 Å². The van der Waals surface area contributed by atoms with E-state index in [1.165, 1.54) is 0 Å². The van der Waals surface area contributed by atoms with Crippen molar-refractivity contribution in [3.05, 3.63) is 170 Å². The van der Waals surface area contributed by atoms with E-state index in [1.54, 1.807) is 0 Å². The highest BCUT2D eigenvalue weighted by molar-refractivity contribution is 6.24. The van der Waals surface area contributed by atoms with Crippen LogP contribution in [-0.4, -0.2) is 0 Å². The van der Waals surface area contributed by atoms with Gasteiger partial charge in [0.15, 0.2) is 0 Å². The van der Waals surface area contributed by atoms with Gasteiger partial charge in [-0.25, -0.2) is 0 Å². The van der Waals surface area contributed by atoms with Gasteiger partial charge in [0.25, 0.3) is 0 Å². The van der Waals surface area contributed by atoms with Gasteiger partial charge in [-0.3, -0.25) is 0 Å². The van der Waals surface area contributed by atoms with E-state index in [1.807, 2.05) is 127 Å². The summed E-state index contributed by atoms with van der Waals surface area (Å²) >= 11 is 0. The van der Waals surface area contributed by atoms with E-state index in [4.69, 9.17) is 2.74 Å². The van der Waals surface area contributed by atoms with E-state index in [2.05, 4.69) is 0 Å². The van der Waals surface area contributed by atoms with Crippen molar-refractivity contribution in [3.63, 3.8) is 0 Å². The zero-order valence-electron chi connectivity index (χ0n) is 30.6. The third-order valence-corrected chi connectivity index (χ3v) is 8.66. The van der Waals surface area contributed by atoms with Crippen molar-refractivity contribution in [2.45, 2.75) is 0 Å². The van der Waals surface area contributed by atoms with Crippen molar-refractivity contribution in [3.8, 4) is 33.4 Å². The number of hydrogen-bond acceptors (Lipinski definition) is 0. The highest BCUT2D eigenvalue weighted by Crippen LogP contribution is 2.47. The lowest BCUT2D eigenvalue weighted by molar-refractivity contribution is 1.66. The Kier molecular flexibility index (Phi) is 4.23. The molecule has 0 aliphatic heterocycles. The van der Waals surface area contributed by atoms with Crippen LogP contribution in [0.3, 0.4) is 0 Å². The summed E-state index contributed by atoms with van der Waals surface area (Å²) in [7, 11) is 0. The van der Waals surface area contributed by atoms with Crippen LogP contribution in [0.2, 0.25) is 0 Å². The molecule has 0 bridgehead atoms. The fraction of sp³-hybridized carbons (Fsp3) is 0. The monoisotopic (exact) mass is 563 g/mol. The van der Waals surface area contributed by atoms with Gasteiger partial charge in [-0.2, -0.15) is 0 Å². The smallest absolute Gasteiger partial charge is 0.0616 e. The molecule has 204 valence electrons. The van der Waals surface area contributed by atoms with E-state index >= 15 is 0 Å². The van der Waals surface area contributed by atoms with E-state index in [0.717, 1.165) is 32.3 Å². The predicted molar refractivity (Wildman–Crippen MR) is 190 cm³/mol. The topological polar surface area (TPSA) is 0 Å². The van der Waals surface area contributed by atoms with Gasteiger partial charge in [-0.05, 0) is 99.4 Å². The molecular formula is C44H28. The van der Waals surface area contributed by atoms with Gasteiger partial charge in [0, 0.05) is 0 Å². The lowest BCUT2D eigenvalue weighted by Gasteiger charge is -2.20. The minimum atomic E-state index is -0.381. The van der Waals surface area contributed by atoms with Gasteiger partial charge >= 0.3 is 0 Å². The maximum atomic E-state index is 10.1. The van der Waals surface area contributed by atoms with Crippen LogP contribution >= 0.6 is 0 Å². The van der Waals surface area contributed by atoms with Crippen LogP contribution in [0, 0.1) is 0 Å². The molecule has 0 fully saturated rings. The molecule has 0 aromatic heterocycles. The summed E-state index contributed by atoms with van der Waals surface area (Å²) in [4.78, 5) is 0. The average Bonchev–Trinajstić information content (AvgIpc) is 3.17. The molecule has 9 aromatic rings. The second-order valence-corrected chi connectivity index (χ2v) is 11.1. The molecule has 0 amide bonds. The summed E-state index contributed by atoms with van der Waals surface area (Å²) in [6.45, 7) is 0. The summed E-state index contributed by atoms with van der Waals surface area (Å²) in [5.41, 5.74) is 3.16.